The lowest BCUT2D eigenvalue weighted by atomic mass is 10.1. The fraction of sp³-hybridized carbons (Fsp3) is 0.294. The highest BCUT2D eigenvalue weighted by Gasteiger charge is 2.17. The normalized spacial score (nSPS) is 16.1. The van der Waals surface area contributed by atoms with Crippen LogP contribution in [0.1, 0.15) is 5.56 Å². The van der Waals surface area contributed by atoms with E-state index in [1.165, 1.54) is 11.8 Å². The Morgan fingerprint density at radius 1 is 0.952 bits per heavy atom. The van der Waals surface area contributed by atoms with Gasteiger partial charge in [0.2, 0.25) is 0 Å². The monoisotopic (exact) mass is 285 g/mol. The van der Waals surface area contributed by atoms with Gasteiger partial charge in [0, 0.05) is 44.1 Å². The average Bonchev–Trinajstić information content (AvgIpc) is 2.48. The van der Waals surface area contributed by atoms with E-state index in [4.69, 9.17) is 5.73 Å². The van der Waals surface area contributed by atoms with Gasteiger partial charge in [0.25, 0.3) is 0 Å². The molecule has 1 heterocycles. The zero-order valence-corrected chi connectivity index (χ0v) is 12.0. The lowest BCUT2D eigenvalue weighted by molar-refractivity contribution is 0.249. The van der Waals surface area contributed by atoms with Crippen molar-refractivity contribution in [3.8, 4) is 0 Å². The fourth-order valence-electron chi connectivity index (χ4n) is 2.83. The van der Waals surface area contributed by atoms with Gasteiger partial charge in [0.05, 0.1) is 0 Å². The van der Waals surface area contributed by atoms with Gasteiger partial charge in [0.1, 0.15) is 5.82 Å². The minimum absolute atomic E-state index is 0.257. The van der Waals surface area contributed by atoms with E-state index in [-0.39, 0.29) is 5.82 Å². The number of hydrogen-bond acceptors (Lipinski definition) is 3. The molecule has 110 valence electrons. The van der Waals surface area contributed by atoms with E-state index in [0.29, 0.717) is 5.69 Å². The Kier molecular flexibility index (Phi) is 4.06. The Morgan fingerprint density at radius 3 is 2.33 bits per heavy atom. The summed E-state index contributed by atoms with van der Waals surface area (Å²) in [5.74, 6) is -0.257. The van der Waals surface area contributed by atoms with E-state index in [0.717, 1.165) is 38.3 Å². The minimum Gasteiger partial charge on any atom is -0.399 e. The zero-order valence-electron chi connectivity index (χ0n) is 12.0. The van der Waals surface area contributed by atoms with Gasteiger partial charge in [-0.15, -0.1) is 0 Å². The molecule has 0 aliphatic carbocycles. The molecule has 2 aromatic carbocycles. The second-order valence-electron chi connectivity index (χ2n) is 5.49. The Labute approximate surface area is 124 Å². The molecule has 0 aromatic heterocycles. The summed E-state index contributed by atoms with van der Waals surface area (Å²) in [7, 11) is 0. The van der Waals surface area contributed by atoms with E-state index in [1.807, 2.05) is 12.1 Å². The van der Waals surface area contributed by atoms with Crippen molar-refractivity contribution >= 4 is 11.4 Å². The van der Waals surface area contributed by atoms with Gasteiger partial charge >= 0.3 is 0 Å². The van der Waals surface area contributed by atoms with Crippen LogP contribution in [0.2, 0.25) is 0 Å². The van der Waals surface area contributed by atoms with E-state index < -0.39 is 0 Å². The number of halogens is 1. The molecule has 0 amide bonds. The number of hydrogen-bond donors (Lipinski definition) is 1. The molecular formula is C17H20FN3. The molecule has 1 saturated heterocycles. The molecule has 3 nitrogen and oxygen atoms in total. The molecular weight excluding hydrogens is 265 g/mol. The second kappa shape index (κ2) is 6.14. The van der Waals surface area contributed by atoms with Crippen LogP contribution in [0.4, 0.5) is 15.8 Å². The Bertz CT molecular complexity index is 572. The van der Waals surface area contributed by atoms with E-state index >= 15 is 0 Å². The molecule has 1 aliphatic heterocycles. The molecule has 0 bridgehead atoms. The lowest BCUT2D eigenvalue weighted by Crippen LogP contribution is -2.45. The largest absolute Gasteiger partial charge is 0.399 e. The summed E-state index contributed by atoms with van der Waals surface area (Å²) < 4.78 is 13.4. The molecule has 0 atom stereocenters. The topological polar surface area (TPSA) is 32.5 Å². The highest BCUT2D eigenvalue weighted by atomic mass is 19.1. The first-order valence-corrected chi connectivity index (χ1v) is 7.28. The molecule has 0 spiro atoms. The fourth-order valence-corrected chi connectivity index (χ4v) is 2.83. The summed E-state index contributed by atoms with van der Waals surface area (Å²) >= 11 is 0. The van der Waals surface area contributed by atoms with Crippen LogP contribution in [0.25, 0.3) is 0 Å². The van der Waals surface area contributed by atoms with Gasteiger partial charge in [0.15, 0.2) is 0 Å². The number of piperazine rings is 1. The van der Waals surface area contributed by atoms with Crippen molar-refractivity contribution in [2.24, 2.45) is 0 Å². The average molecular weight is 285 g/mol. The highest BCUT2D eigenvalue weighted by Crippen LogP contribution is 2.18. The maximum absolute atomic E-state index is 13.4. The maximum Gasteiger partial charge on any atom is 0.125 e. The predicted octanol–water partition coefficient (Wildman–Crippen LogP) is 2.73. The van der Waals surface area contributed by atoms with Crippen molar-refractivity contribution in [2.75, 3.05) is 36.8 Å². The van der Waals surface area contributed by atoms with Crippen molar-refractivity contribution in [1.82, 2.24) is 4.90 Å². The number of nitrogens with zero attached hydrogens (tertiary/aromatic N) is 2. The van der Waals surface area contributed by atoms with E-state index in [1.54, 1.807) is 6.07 Å². The van der Waals surface area contributed by atoms with Crippen molar-refractivity contribution in [2.45, 2.75) is 6.54 Å². The molecule has 1 aliphatic rings. The number of nitrogen functional groups attached to an aromatic ring is 1. The minimum atomic E-state index is -0.257. The van der Waals surface area contributed by atoms with Gasteiger partial charge in [-0.3, -0.25) is 4.90 Å². The third kappa shape index (κ3) is 3.52. The standard InChI is InChI=1S/C17H20FN3/c18-15-10-14(11-16(19)12-15)13-20-6-8-21(9-7-20)17-4-2-1-3-5-17/h1-5,10-12H,6-9,13,19H2. The molecule has 2 N–H and O–H groups in total. The molecule has 0 saturated carbocycles. The van der Waals surface area contributed by atoms with Gasteiger partial charge in [-0.05, 0) is 35.9 Å². The van der Waals surface area contributed by atoms with Crippen LogP contribution in [0.15, 0.2) is 48.5 Å². The third-order valence-corrected chi connectivity index (χ3v) is 3.88. The molecule has 0 unspecified atom stereocenters. The van der Waals surface area contributed by atoms with Crippen LogP contribution < -0.4 is 10.6 Å². The molecule has 0 radical (unpaired) electrons. The number of rotatable bonds is 3. The number of anilines is 2. The Hall–Kier alpha value is -2.07. The molecule has 4 heteroatoms. The summed E-state index contributed by atoms with van der Waals surface area (Å²) in [5, 5.41) is 0. The first kappa shape index (κ1) is 13.9. The van der Waals surface area contributed by atoms with Crippen molar-refractivity contribution in [1.29, 1.82) is 0 Å². The second-order valence-corrected chi connectivity index (χ2v) is 5.49. The highest BCUT2D eigenvalue weighted by molar-refractivity contribution is 5.46. The first-order valence-electron chi connectivity index (χ1n) is 7.28. The van der Waals surface area contributed by atoms with Crippen molar-refractivity contribution in [3.63, 3.8) is 0 Å². The summed E-state index contributed by atoms with van der Waals surface area (Å²) in [6, 6.07) is 15.2. The van der Waals surface area contributed by atoms with Crippen molar-refractivity contribution in [3.05, 3.63) is 59.9 Å². The van der Waals surface area contributed by atoms with E-state index in [9.17, 15) is 4.39 Å². The van der Waals surface area contributed by atoms with Crippen LogP contribution in [0.5, 0.6) is 0 Å². The Morgan fingerprint density at radius 2 is 1.67 bits per heavy atom. The molecule has 3 rings (SSSR count). The molecule has 1 fully saturated rings. The van der Waals surface area contributed by atoms with Gasteiger partial charge in [-0.25, -0.2) is 4.39 Å². The van der Waals surface area contributed by atoms with Crippen LogP contribution in [0, 0.1) is 5.82 Å². The first-order chi connectivity index (χ1) is 10.2. The van der Waals surface area contributed by atoms with E-state index in [2.05, 4.69) is 34.1 Å². The Balaban J connectivity index is 1.58. The molecule has 2 aromatic rings. The lowest BCUT2D eigenvalue weighted by Gasteiger charge is -2.36. The van der Waals surface area contributed by atoms with Gasteiger partial charge in [-0.2, -0.15) is 0 Å². The summed E-state index contributed by atoms with van der Waals surface area (Å²) in [6.07, 6.45) is 0. The summed E-state index contributed by atoms with van der Waals surface area (Å²) in [6.45, 7) is 4.70. The summed E-state index contributed by atoms with van der Waals surface area (Å²) in [4.78, 5) is 4.73. The van der Waals surface area contributed by atoms with Crippen LogP contribution >= 0.6 is 0 Å². The molecule has 21 heavy (non-hydrogen) atoms. The van der Waals surface area contributed by atoms with Crippen LogP contribution in [0.3, 0.4) is 0 Å². The van der Waals surface area contributed by atoms with Crippen molar-refractivity contribution < 1.29 is 4.39 Å². The number of nitrogens with two attached hydrogens (primary N) is 1. The SMILES string of the molecule is Nc1cc(F)cc(CN2CCN(c3ccccc3)CC2)c1. The quantitative estimate of drug-likeness (QED) is 0.880. The predicted molar refractivity (Wildman–Crippen MR) is 84.7 cm³/mol. The zero-order chi connectivity index (χ0) is 14.7. The maximum atomic E-state index is 13.4. The summed E-state index contributed by atoms with van der Waals surface area (Å²) in [5.41, 5.74) is 8.40. The smallest absolute Gasteiger partial charge is 0.125 e. The number of benzene rings is 2. The third-order valence-electron chi connectivity index (χ3n) is 3.88. The van der Waals surface area contributed by atoms with Crippen LogP contribution in [-0.2, 0) is 6.54 Å². The van der Waals surface area contributed by atoms with Gasteiger partial charge < -0.3 is 10.6 Å². The van der Waals surface area contributed by atoms with Crippen LogP contribution in [-0.4, -0.2) is 31.1 Å². The van der Waals surface area contributed by atoms with Gasteiger partial charge in [-0.1, -0.05) is 18.2 Å². The number of para-hydroxylation sites is 1.